The Bertz CT molecular complexity index is 925. The summed E-state index contributed by atoms with van der Waals surface area (Å²) in [6.45, 7) is 5.04. The van der Waals surface area contributed by atoms with Crippen LogP contribution in [0, 0.1) is 13.8 Å². The molecule has 0 atom stereocenters. The number of hydrogen-bond acceptors (Lipinski definition) is 4. The van der Waals surface area contributed by atoms with Crippen LogP contribution >= 0.6 is 23.2 Å². The first-order valence-corrected chi connectivity index (χ1v) is 9.17. The number of phenolic OH excluding ortho intramolecular Hbond substituents is 1. The molecule has 0 fully saturated rings. The zero-order valence-electron chi connectivity index (χ0n) is 13.3. The van der Waals surface area contributed by atoms with E-state index < -0.39 is 10.0 Å². The molecule has 2 N–H and O–H groups in total. The highest BCUT2D eigenvalue weighted by atomic mass is 35.5. The van der Waals surface area contributed by atoms with Crippen LogP contribution in [0.4, 0.5) is 0 Å². The molecule has 5 nitrogen and oxygen atoms in total. The summed E-state index contributed by atoms with van der Waals surface area (Å²) in [7, 11) is -3.83. The van der Waals surface area contributed by atoms with Gasteiger partial charge in [-0.15, -0.1) is 0 Å². The van der Waals surface area contributed by atoms with E-state index in [-0.39, 0.29) is 26.9 Å². The van der Waals surface area contributed by atoms with Crippen molar-refractivity contribution < 1.29 is 13.5 Å². The van der Waals surface area contributed by atoms with Crippen molar-refractivity contribution in [1.82, 2.24) is 4.83 Å². The van der Waals surface area contributed by atoms with E-state index in [4.69, 9.17) is 23.2 Å². The maximum atomic E-state index is 12.4. The molecule has 24 heavy (non-hydrogen) atoms. The van der Waals surface area contributed by atoms with Crippen LogP contribution in [0.5, 0.6) is 5.75 Å². The fourth-order valence-electron chi connectivity index (χ4n) is 2.08. The quantitative estimate of drug-likeness (QED) is 0.615. The topological polar surface area (TPSA) is 78.8 Å². The summed E-state index contributed by atoms with van der Waals surface area (Å²) in [4.78, 5) is 2.32. The van der Waals surface area contributed by atoms with Gasteiger partial charge in [-0.2, -0.15) is 18.4 Å². The lowest BCUT2D eigenvalue weighted by Crippen LogP contribution is -2.21. The van der Waals surface area contributed by atoms with Crippen molar-refractivity contribution >= 4 is 38.9 Å². The van der Waals surface area contributed by atoms with Crippen LogP contribution in [0.1, 0.15) is 23.6 Å². The number of nitrogens with one attached hydrogen (secondary N) is 1. The Morgan fingerprint density at radius 2 is 1.83 bits per heavy atom. The number of rotatable bonds is 4. The van der Waals surface area contributed by atoms with E-state index >= 15 is 0 Å². The molecule has 0 heterocycles. The van der Waals surface area contributed by atoms with E-state index in [0.29, 0.717) is 10.6 Å². The third-order valence-corrected chi connectivity index (χ3v) is 5.24. The molecule has 2 rings (SSSR count). The number of phenols is 1. The monoisotopic (exact) mass is 386 g/mol. The van der Waals surface area contributed by atoms with Gasteiger partial charge in [-0.1, -0.05) is 35.3 Å². The van der Waals surface area contributed by atoms with Gasteiger partial charge in [0.2, 0.25) is 0 Å². The average molecular weight is 387 g/mol. The Balaban J connectivity index is 2.38. The van der Waals surface area contributed by atoms with Gasteiger partial charge in [-0.3, -0.25) is 0 Å². The molecule has 0 saturated carbocycles. The molecule has 0 aliphatic rings. The zero-order chi connectivity index (χ0) is 18.1. The minimum Gasteiger partial charge on any atom is -0.506 e. The molecule has 0 radical (unpaired) electrons. The highest BCUT2D eigenvalue weighted by Crippen LogP contribution is 2.31. The molecule has 0 bridgehead atoms. The summed E-state index contributed by atoms with van der Waals surface area (Å²) < 4.78 is 24.9. The van der Waals surface area contributed by atoms with Crippen molar-refractivity contribution in [3.05, 3.63) is 57.1 Å². The summed E-state index contributed by atoms with van der Waals surface area (Å²) in [5.41, 5.74) is 1.90. The van der Waals surface area contributed by atoms with Crippen LogP contribution in [0.2, 0.25) is 10.0 Å². The number of hydrazone groups is 1. The first kappa shape index (κ1) is 18.6. The highest BCUT2D eigenvalue weighted by Gasteiger charge is 2.17. The van der Waals surface area contributed by atoms with Crippen molar-refractivity contribution in [3.8, 4) is 5.75 Å². The van der Waals surface area contributed by atoms with Crippen LogP contribution in [0.3, 0.4) is 0 Å². The fraction of sp³-hybridized carbons (Fsp3) is 0.188. The SMILES string of the molecule is C/C(=N\NS(=O)(=O)c1cc(C)ccc1C)c1cc(Cl)cc(Cl)c1O. The van der Waals surface area contributed by atoms with E-state index in [9.17, 15) is 13.5 Å². The molecule has 0 spiro atoms. The summed E-state index contributed by atoms with van der Waals surface area (Å²) in [6.07, 6.45) is 0. The minimum absolute atomic E-state index is 0.0597. The standard InChI is InChI=1S/C16H16Cl2N2O3S/c1-9-4-5-10(2)15(6-9)24(22,23)20-19-11(3)13-7-12(17)8-14(18)16(13)21/h4-8,20-21H,1-3H3/b19-11+. The van der Waals surface area contributed by atoms with Gasteiger partial charge >= 0.3 is 0 Å². The Labute approximate surface area is 151 Å². The summed E-state index contributed by atoms with van der Waals surface area (Å²) in [5.74, 6) is -0.215. The van der Waals surface area contributed by atoms with Crippen molar-refractivity contribution in [1.29, 1.82) is 0 Å². The molecule has 2 aromatic rings. The van der Waals surface area contributed by atoms with Gasteiger partial charge in [-0.25, -0.2) is 0 Å². The second kappa shape index (κ2) is 7.01. The van der Waals surface area contributed by atoms with Gasteiger partial charge in [0.05, 0.1) is 15.6 Å². The van der Waals surface area contributed by atoms with E-state index in [2.05, 4.69) is 9.93 Å². The van der Waals surface area contributed by atoms with Crippen molar-refractivity contribution in [3.63, 3.8) is 0 Å². The third kappa shape index (κ3) is 4.01. The molecule has 0 saturated heterocycles. The maximum absolute atomic E-state index is 12.4. The van der Waals surface area contributed by atoms with Gasteiger partial charge in [0, 0.05) is 10.6 Å². The lowest BCUT2D eigenvalue weighted by molar-refractivity contribution is 0.474. The second-order valence-corrected chi connectivity index (χ2v) is 7.82. The predicted octanol–water partition coefficient (Wildman–Crippen LogP) is 4.02. The van der Waals surface area contributed by atoms with Crippen molar-refractivity contribution in [2.24, 2.45) is 5.10 Å². The second-order valence-electron chi connectivity index (χ2n) is 5.34. The first-order valence-electron chi connectivity index (χ1n) is 6.93. The lowest BCUT2D eigenvalue weighted by Gasteiger charge is -2.10. The van der Waals surface area contributed by atoms with Crippen LogP contribution in [-0.4, -0.2) is 19.2 Å². The Morgan fingerprint density at radius 3 is 2.50 bits per heavy atom. The van der Waals surface area contributed by atoms with Gasteiger partial charge in [0.1, 0.15) is 5.75 Å². The normalized spacial score (nSPS) is 12.3. The Morgan fingerprint density at radius 1 is 1.17 bits per heavy atom. The van der Waals surface area contributed by atoms with Crippen LogP contribution in [0.25, 0.3) is 0 Å². The van der Waals surface area contributed by atoms with E-state index in [1.807, 2.05) is 6.07 Å². The van der Waals surface area contributed by atoms with Gasteiger partial charge in [0.15, 0.2) is 0 Å². The number of nitrogens with zero attached hydrogens (tertiary/aromatic N) is 1. The lowest BCUT2D eigenvalue weighted by atomic mass is 10.1. The van der Waals surface area contributed by atoms with Crippen LogP contribution in [0.15, 0.2) is 40.3 Å². The van der Waals surface area contributed by atoms with E-state index in [1.54, 1.807) is 26.0 Å². The molecule has 128 valence electrons. The molecule has 2 aromatic carbocycles. The molecule has 0 amide bonds. The van der Waals surface area contributed by atoms with Gasteiger partial charge in [0.25, 0.3) is 10.0 Å². The number of benzene rings is 2. The minimum atomic E-state index is -3.83. The molecular weight excluding hydrogens is 371 g/mol. The molecule has 0 unspecified atom stereocenters. The van der Waals surface area contributed by atoms with Crippen molar-refractivity contribution in [2.45, 2.75) is 25.7 Å². The molecule has 8 heteroatoms. The fourth-order valence-corrected chi connectivity index (χ4v) is 3.76. The smallest absolute Gasteiger partial charge is 0.276 e. The number of sulfonamides is 1. The molecule has 0 aromatic heterocycles. The summed E-state index contributed by atoms with van der Waals surface area (Å²) in [6, 6.07) is 7.96. The number of halogens is 2. The molecule has 0 aliphatic carbocycles. The molecular formula is C16H16Cl2N2O3S. The maximum Gasteiger partial charge on any atom is 0.276 e. The van der Waals surface area contributed by atoms with Crippen molar-refractivity contribution in [2.75, 3.05) is 0 Å². The van der Waals surface area contributed by atoms with Gasteiger partial charge in [-0.05, 0) is 50.1 Å². The van der Waals surface area contributed by atoms with E-state index in [0.717, 1.165) is 5.56 Å². The number of hydrogen-bond donors (Lipinski definition) is 2. The van der Waals surface area contributed by atoms with Crippen LogP contribution in [-0.2, 0) is 10.0 Å². The number of aromatic hydroxyl groups is 1. The molecule has 0 aliphatic heterocycles. The highest BCUT2D eigenvalue weighted by molar-refractivity contribution is 7.89. The Kier molecular flexibility index (Phi) is 5.42. The largest absolute Gasteiger partial charge is 0.506 e. The zero-order valence-corrected chi connectivity index (χ0v) is 15.6. The average Bonchev–Trinajstić information content (AvgIpc) is 2.50. The van der Waals surface area contributed by atoms with E-state index in [1.165, 1.54) is 19.1 Å². The Hall–Kier alpha value is -1.76. The summed E-state index contributed by atoms with van der Waals surface area (Å²) in [5, 5.41) is 14.2. The number of aryl methyl sites for hydroxylation is 2. The van der Waals surface area contributed by atoms with Gasteiger partial charge < -0.3 is 5.11 Å². The third-order valence-electron chi connectivity index (χ3n) is 3.38. The first-order chi connectivity index (χ1) is 11.1. The predicted molar refractivity (Wildman–Crippen MR) is 96.6 cm³/mol. The summed E-state index contributed by atoms with van der Waals surface area (Å²) >= 11 is 11.8. The van der Waals surface area contributed by atoms with Crippen LogP contribution < -0.4 is 4.83 Å².